The second-order valence-corrected chi connectivity index (χ2v) is 5.16. The zero-order valence-electron chi connectivity index (χ0n) is 11.7. The van der Waals surface area contributed by atoms with E-state index in [9.17, 15) is 9.59 Å². The first-order valence-corrected chi connectivity index (χ1v) is 7.23. The number of carboxylic acids is 1. The molecule has 5 nitrogen and oxygen atoms in total. The van der Waals surface area contributed by atoms with Gasteiger partial charge in [-0.25, -0.2) is 0 Å². The molecule has 19 heavy (non-hydrogen) atoms. The van der Waals surface area contributed by atoms with Gasteiger partial charge in [-0.15, -0.1) is 0 Å². The van der Waals surface area contributed by atoms with E-state index < -0.39 is 5.97 Å². The van der Waals surface area contributed by atoms with Gasteiger partial charge in [0.05, 0.1) is 12.5 Å². The quantitative estimate of drug-likeness (QED) is 0.660. The number of hydrogen-bond donors (Lipinski definition) is 2. The minimum Gasteiger partial charge on any atom is -0.481 e. The molecule has 0 aromatic heterocycles. The molecule has 110 valence electrons. The molecule has 0 bridgehead atoms. The van der Waals surface area contributed by atoms with Gasteiger partial charge < -0.3 is 15.2 Å². The third-order valence-corrected chi connectivity index (χ3v) is 3.58. The molecular formula is C14H25NO4. The lowest BCUT2D eigenvalue weighted by Crippen LogP contribution is -2.37. The maximum atomic E-state index is 11.9. The van der Waals surface area contributed by atoms with E-state index in [1.807, 2.05) is 0 Å². The fourth-order valence-corrected chi connectivity index (χ4v) is 2.39. The Morgan fingerprint density at radius 1 is 1.26 bits per heavy atom. The van der Waals surface area contributed by atoms with Crippen LogP contribution in [0.15, 0.2) is 0 Å². The van der Waals surface area contributed by atoms with Gasteiger partial charge in [-0.05, 0) is 25.7 Å². The molecule has 0 aromatic carbocycles. The van der Waals surface area contributed by atoms with E-state index in [1.54, 1.807) is 0 Å². The predicted molar refractivity (Wildman–Crippen MR) is 71.8 cm³/mol. The topological polar surface area (TPSA) is 75.6 Å². The van der Waals surface area contributed by atoms with Crippen molar-refractivity contribution in [3.8, 4) is 0 Å². The Hall–Kier alpha value is -1.10. The van der Waals surface area contributed by atoms with Crippen LogP contribution in [0.5, 0.6) is 0 Å². The lowest BCUT2D eigenvalue weighted by atomic mass is 9.81. The van der Waals surface area contributed by atoms with Gasteiger partial charge in [0.2, 0.25) is 5.91 Å². The van der Waals surface area contributed by atoms with E-state index in [-0.39, 0.29) is 17.7 Å². The lowest BCUT2D eigenvalue weighted by Gasteiger charge is -2.25. The maximum absolute atomic E-state index is 11.9. The summed E-state index contributed by atoms with van der Waals surface area (Å²) in [6, 6.07) is 0. The number of carbonyl (C=O) groups excluding carboxylic acids is 1. The molecule has 1 saturated carbocycles. The molecule has 1 aliphatic rings. The fraction of sp³-hybridized carbons (Fsp3) is 0.857. The summed E-state index contributed by atoms with van der Waals surface area (Å²) in [5, 5.41) is 11.8. The van der Waals surface area contributed by atoms with Gasteiger partial charge in [-0.1, -0.05) is 19.8 Å². The van der Waals surface area contributed by atoms with Gasteiger partial charge in [-0.3, -0.25) is 9.59 Å². The van der Waals surface area contributed by atoms with Crippen LogP contribution in [-0.4, -0.2) is 36.7 Å². The average Bonchev–Trinajstić information content (AvgIpc) is 2.42. The van der Waals surface area contributed by atoms with E-state index in [0.29, 0.717) is 26.0 Å². The second-order valence-electron chi connectivity index (χ2n) is 5.16. The molecule has 0 saturated heterocycles. The molecule has 1 fully saturated rings. The molecule has 2 atom stereocenters. The average molecular weight is 271 g/mol. The molecule has 0 spiro atoms. The summed E-state index contributed by atoms with van der Waals surface area (Å²) < 4.78 is 5.36. The first-order valence-electron chi connectivity index (χ1n) is 7.23. The highest BCUT2D eigenvalue weighted by Crippen LogP contribution is 2.29. The number of rotatable bonds is 8. The van der Waals surface area contributed by atoms with Crippen LogP contribution < -0.4 is 5.32 Å². The van der Waals surface area contributed by atoms with Crippen molar-refractivity contribution in [2.45, 2.75) is 45.4 Å². The van der Waals surface area contributed by atoms with Crippen LogP contribution in [0.2, 0.25) is 0 Å². The minimum absolute atomic E-state index is 0.0231. The number of aliphatic carboxylic acids is 1. The lowest BCUT2D eigenvalue weighted by molar-refractivity contribution is -0.144. The number of amides is 1. The standard InChI is InChI=1S/C14H25NO4/c1-2-3-8-19-9-7-15-13(16)11-5-4-6-12(10-11)14(17)18/h11-12H,2-10H2,1H3,(H,15,16)(H,17,18). The first-order chi connectivity index (χ1) is 9.15. The Balaban J connectivity index is 2.16. The summed E-state index contributed by atoms with van der Waals surface area (Å²) >= 11 is 0. The van der Waals surface area contributed by atoms with Crippen LogP contribution in [0.3, 0.4) is 0 Å². The van der Waals surface area contributed by atoms with E-state index in [2.05, 4.69) is 12.2 Å². The molecule has 1 amide bonds. The highest BCUT2D eigenvalue weighted by Gasteiger charge is 2.30. The smallest absolute Gasteiger partial charge is 0.306 e. The van der Waals surface area contributed by atoms with E-state index in [1.165, 1.54) is 0 Å². The first kappa shape index (κ1) is 16.0. The van der Waals surface area contributed by atoms with Crippen molar-refractivity contribution in [1.29, 1.82) is 0 Å². The normalized spacial score (nSPS) is 23.0. The summed E-state index contributed by atoms with van der Waals surface area (Å²) in [5.74, 6) is -1.30. The van der Waals surface area contributed by atoms with Crippen molar-refractivity contribution in [2.24, 2.45) is 11.8 Å². The molecule has 0 radical (unpaired) electrons. The van der Waals surface area contributed by atoms with Crippen molar-refractivity contribution in [2.75, 3.05) is 19.8 Å². The predicted octanol–water partition coefficient (Wildman–Crippen LogP) is 1.81. The van der Waals surface area contributed by atoms with Crippen LogP contribution in [0.4, 0.5) is 0 Å². The zero-order valence-corrected chi connectivity index (χ0v) is 11.7. The summed E-state index contributed by atoms with van der Waals surface area (Å²) in [4.78, 5) is 22.8. The highest BCUT2D eigenvalue weighted by atomic mass is 16.5. The number of carboxylic acid groups (broad SMARTS) is 1. The van der Waals surface area contributed by atoms with Crippen molar-refractivity contribution < 1.29 is 19.4 Å². The molecule has 2 N–H and O–H groups in total. The number of carbonyl (C=O) groups is 2. The van der Waals surface area contributed by atoms with Gasteiger partial charge in [0, 0.05) is 19.1 Å². The monoisotopic (exact) mass is 271 g/mol. The molecular weight excluding hydrogens is 246 g/mol. The van der Waals surface area contributed by atoms with E-state index >= 15 is 0 Å². The third-order valence-electron chi connectivity index (χ3n) is 3.58. The SMILES string of the molecule is CCCCOCCNC(=O)C1CCCC(C(=O)O)C1. The van der Waals surface area contributed by atoms with Crippen LogP contribution in [0.1, 0.15) is 45.4 Å². The summed E-state index contributed by atoms with van der Waals surface area (Å²) in [5.41, 5.74) is 0. The molecule has 2 unspecified atom stereocenters. The fourth-order valence-electron chi connectivity index (χ4n) is 2.39. The molecule has 0 aliphatic heterocycles. The van der Waals surface area contributed by atoms with Crippen molar-refractivity contribution in [1.82, 2.24) is 5.32 Å². The molecule has 1 rings (SSSR count). The van der Waals surface area contributed by atoms with Crippen LogP contribution in [0, 0.1) is 11.8 Å². The highest BCUT2D eigenvalue weighted by molar-refractivity contribution is 5.80. The Kier molecular flexibility index (Phi) is 7.48. The van der Waals surface area contributed by atoms with Gasteiger partial charge >= 0.3 is 5.97 Å². The largest absolute Gasteiger partial charge is 0.481 e. The summed E-state index contributed by atoms with van der Waals surface area (Å²) in [7, 11) is 0. The number of hydrogen-bond acceptors (Lipinski definition) is 3. The number of nitrogens with one attached hydrogen (secondary N) is 1. The van der Waals surface area contributed by atoms with Gasteiger partial charge in [0.15, 0.2) is 0 Å². The maximum Gasteiger partial charge on any atom is 0.306 e. The summed E-state index contributed by atoms with van der Waals surface area (Å²) in [6.07, 6.45) is 4.92. The van der Waals surface area contributed by atoms with E-state index in [0.717, 1.165) is 32.3 Å². The van der Waals surface area contributed by atoms with Crippen molar-refractivity contribution >= 4 is 11.9 Å². The Bertz CT molecular complexity index is 293. The summed E-state index contributed by atoms with van der Waals surface area (Å²) in [6.45, 7) is 3.88. The zero-order chi connectivity index (χ0) is 14.1. The molecule has 5 heteroatoms. The minimum atomic E-state index is -0.777. The van der Waals surface area contributed by atoms with Gasteiger partial charge in [0.1, 0.15) is 0 Å². The Labute approximate surface area is 114 Å². The number of ether oxygens (including phenoxy) is 1. The van der Waals surface area contributed by atoms with Crippen LogP contribution in [0.25, 0.3) is 0 Å². The molecule has 1 aliphatic carbocycles. The number of unbranched alkanes of at least 4 members (excludes halogenated alkanes) is 1. The van der Waals surface area contributed by atoms with Crippen molar-refractivity contribution in [3.05, 3.63) is 0 Å². The third kappa shape index (κ3) is 6.05. The molecule has 0 heterocycles. The Morgan fingerprint density at radius 2 is 2.00 bits per heavy atom. The van der Waals surface area contributed by atoms with Gasteiger partial charge in [-0.2, -0.15) is 0 Å². The molecule has 0 aromatic rings. The Morgan fingerprint density at radius 3 is 2.68 bits per heavy atom. The van der Waals surface area contributed by atoms with Crippen LogP contribution in [-0.2, 0) is 14.3 Å². The van der Waals surface area contributed by atoms with Gasteiger partial charge in [0.25, 0.3) is 0 Å². The van der Waals surface area contributed by atoms with Crippen LogP contribution >= 0.6 is 0 Å². The van der Waals surface area contributed by atoms with Crippen molar-refractivity contribution in [3.63, 3.8) is 0 Å². The second kappa shape index (κ2) is 8.91. The van der Waals surface area contributed by atoms with E-state index in [4.69, 9.17) is 9.84 Å².